The Bertz CT molecular complexity index is 300. The third-order valence-electron chi connectivity index (χ3n) is 1.91. The summed E-state index contributed by atoms with van der Waals surface area (Å²) in [7, 11) is 0. The average Bonchev–Trinajstić information content (AvgIpc) is 2.31. The standard InChI is InChI=1S/C12H17NO3/c1-2-3-9-15-12(14)10-16-13-11-7-5-4-6-8-11/h4-8,13H,2-3,9-10H2,1H3. The van der Waals surface area contributed by atoms with E-state index in [0.29, 0.717) is 6.61 Å². The van der Waals surface area contributed by atoms with E-state index in [-0.39, 0.29) is 12.6 Å². The summed E-state index contributed by atoms with van der Waals surface area (Å²) in [6.45, 7) is 2.42. The van der Waals surface area contributed by atoms with Gasteiger partial charge in [0.2, 0.25) is 0 Å². The van der Waals surface area contributed by atoms with Gasteiger partial charge in [-0.05, 0) is 18.6 Å². The lowest BCUT2D eigenvalue weighted by Crippen LogP contribution is -2.16. The van der Waals surface area contributed by atoms with Crippen LogP contribution in [0.4, 0.5) is 5.69 Å². The number of ether oxygens (including phenoxy) is 1. The van der Waals surface area contributed by atoms with Crippen LogP contribution < -0.4 is 5.48 Å². The SMILES string of the molecule is CCCCOC(=O)CONc1ccccc1. The summed E-state index contributed by atoms with van der Waals surface area (Å²) in [6.07, 6.45) is 1.90. The van der Waals surface area contributed by atoms with Crippen molar-refractivity contribution in [2.75, 3.05) is 18.7 Å². The number of nitrogens with one attached hydrogen (secondary N) is 1. The van der Waals surface area contributed by atoms with Gasteiger partial charge in [0.15, 0.2) is 6.61 Å². The normalized spacial score (nSPS) is 9.81. The number of para-hydroxylation sites is 1. The molecule has 4 nitrogen and oxygen atoms in total. The Morgan fingerprint density at radius 1 is 1.31 bits per heavy atom. The molecule has 0 unspecified atom stereocenters. The molecule has 0 saturated heterocycles. The Hall–Kier alpha value is -1.55. The molecular formula is C12H17NO3. The molecular weight excluding hydrogens is 206 g/mol. The minimum atomic E-state index is -0.350. The van der Waals surface area contributed by atoms with Gasteiger partial charge in [-0.15, -0.1) is 0 Å². The van der Waals surface area contributed by atoms with Crippen LogP contribution in [0.15, 0.2) is 30.3 Å². The molecule has 0 heterocycles. The number of benzene rings is 1. The molecule has 88 valence electrons. The van der Waals surface area contributed by atoms with Gasteiger partial charge in [0, 0.05) is 0 Å². The Morgan fingerprint density at radius 3 is 2.75 bits per heavy atom. The van der Waals surface area contributed by atoms with E-state index in [1.807, 2.05) is 37.3 Å². The maximum atomic E-state index is 11.1. The van der Waals surface area contributed by atoms with Crippen molar-refractivity contribution in [2.24, 2.45) is 0 Å². The minimum absolute atomic E-state index is 0.0847. The summed E-state index contributed by atoms with van der Waals surface area (Å²) in [4.78, 5) is 16.1. The zero-order chi connectivity index (χ0) is 11.6. The van der Waals surface area contributed by atoms with Gasteiger partial charge >= 0.3 is 5.97 Å². The first-order valence-corrected chi connectivity index (χ1v) is 5.41. The zero-order valence-electron chi connectivity index (χ0n) is 9.44. The zero-order valence-corrected chi connectivity index (χ0v) is 9.44. The van der Waals surface area contributed by atoms with Crippen LogP contribution in [0.25, 0.3) is 0 Å². The summed E-state index contributed by atoms with van der Waals surface area (Å²) in [6, 6.07) is 9.37. The topological polar surface area (TPSA) is 47.6 Å². The molecule has 0 bridgehead atoms. The maximum Gasteiger partial charge on any atom is 0.334 e. The van der Waals surface area contributed by atoms with Crippen molar-refractivity contribution in [3.8, 4) is 0 Å². The number of hydrogen-bond acceptors (Lipinski definition) is 4. The second kappa shape index (κ2) is 7.70. The summed E-state index contributed by atoms with van der Waals surface area (Å²) < 4.78 is 4.92. The highest BCUT2D eigenvalue weighted by Gasteiger charge is 2.02. The Labute approximate surface area is 95.5 Å². The lowest BCUT2D eigenvalue weighted by Gasteiger charge is -2.06. The van der Waals surface area contributed by atoms with Crippen LogP contribution in [0.5, 0.6) is 0 Å². The Kier molecular flexibility index (Phi) is 6.03. The van der Waals surface area contributed by atoms with Gasteiger partial charge in [0.1, 0.15) is 0 Å². The fourth-order valence-electron chi connectivity index (χ4n) is 1.06. The molecule has 16 heavy (non-hydrogen) atoms. The van der Waals surface area contributed by atoms with Gasteiger partial charge in [-0.25, -0.2) is 4.79 Å². The molecule has 0 aliphatic carbocycles. The van der Waals surface area contributed by atoms with Gasteiger partial charge in [-0.1, -0.05) is 31.5 Å². The van der Waals surface area contributed by atoms with Gasteiger partial charge in [-0.3, -0.25) is 10.3 Å². The second-order valence-corrected chi connectivity index (χ2v) is 3.33. The smallest absolute Gasteiger partial charge is 0.334 e. The van der Waals surface area contributed by atoms with Gasteiger partial charge in [-0.2, -0.15) is 0 Å². The van der Waals surface area contributed by atoms with Crippen molar-refractivity contribution < 1.29 is 14.4 Å². The first kappa shape index (κ1) is 12.5. The predicted octanol–water partition coefficient (Wildman–Crippen LogP) is 2.37. The van der Waals surface area contributed by atoms with Gasteiger partial charge in [0.05, 0.1) is 12.3 Å². The molecule has 4 heteroatoms. The number of anilines is 1. The summed E-state index contributed by atoms with van der Waals surface area (Å²) in [5, 5.41) is 0. The number of hydrogen-bond donors (Lipinski definition) is 1. The molecule has 0 spiro atoms. The number of carbonyl (C=O) groups excluding carboxylic acids is 1. The van der Waals surface area contributed by atoms with E-state index in [9.17, 15) is 4.79 Å². The molecule has 1 rings (SSSR count). The van der Waals surface area contributed by atoms with Crippen LogP contribution in [-0.4, -0.2) is 19.2 Å². The molecule has 0 atom stereocenters. The second-order valence-electron chi connectivity index (χ2n) is 3.33. The molecule has 0 fully saturated rings. The molecule has 0 aromatic heterocycles. The number of rotatable bonds is 7. The maximum absolute atomic E-state index is 11.1. The molecule has 1 aromatic carbocycles. The van der Waals surface area contributed by atoms with E-state index < -0.39 is 0 Å². The molecule has 0 aliphatic rings. The molecule has 1 aromatic rings. The van der Waals surface area contributed by atoms with E-state index in [2.05, 4.69) is 5.48 Å². The van der Waals surface area contributed by atoms with Crippen molar-refractivity contribution in [2.45, 2.75) is 19.8 Å². The Morgan fingerprint density at radius 2 is 2.06 bits per heavy atom. The van der Waals surface area contributed by atoms with Crippen LogP contribution >= 0.6 is 0 Å². The van der Waals surface area contributed by atoms with E-state index in [1.165, 1.54) is 0 Å². The van der Waals surface area contributed by atoms with E-state index in [4.69, 9.17) is 9.57 Å². The van der Waals surface area contributed by atoms with Crippen LogP contribution in [0.1, 0.15) is 19.8 Å². The van der Waals surface area contributed by atoms with Crippen LogP contribution in [-0.2, 0) is 14.4 Å². The number of unbranched alkanes of at least 4 members (excludes halogenated alkanes) is 1. The van der Waals surface area contributed by atoms with Crippen molar-refractivity contribution in [3.63, 3.8) is 0 Å². The molecule has 0 radical (unpaired) electrons. The van der Waals surface area contributed by atoms with Crippen molar-refractivity contribution in [1.29, 1.82) is 0 Å². The highest BCUT2D eigenvalue weighted by molar-refractivity contribution is 5.70. The van der Waals surface area contributed by atoms with Crippen LogP contribution in [0, 0.1) is 0 Å². The van der Waals surface area contributed by atoms with E-state index in [0.717, 1.165) is 18.5 Å². The van der Waals surface area contributed by atoms with Crippen molar-refractivity contribution in [3.05, 3.63) is 30.3 Å². The minimum Gasteiger partial charge on any atom is -0.464 e. The van der Waals surface area contributed by atoms with Gasteiger partial charge in [0.25, 0.3) is 0 Å². The fraction of sp³-hybridized carbons (Fsp3) is 0.417. The summed E-state index contributed by atoms with van der Waals surface area (Å²) in [5.41, 5.74) is 3.47. The van der Waals surface area contributed by atoms with Crippen molar-refractivity contribution in [1.82, 2.24) is 0 Å². The lowest BCUT2D eigenvalue weighted by atomic mass is 10.3. The summed E-state index contributed by atoms with van der Waals surface area (Å²) >= 11 is 0. The first-order chi connectivity index (χ1) is 7.83. The third kappa shape index (κ3) is 5.36. The third-order valence-corrected chi connectivity index (χ3v) is 1.91. The van der Waals surface area contributed by atoms with Crippen molar-refractivity contribution >= 4 is 11.7 Å². The highest BCUT2D eigenvalue weighted by atomic mass is 16.7. The lowest BCUT2D eigenvalue weighted by molar-refractivity contribution is -0.148. The van der Waals surface area contributed by atoms with Crippen LogP contribution in [0.3, 0.4) is 0 Å². The number of carbonyl (C=O) groups is 1. The average molecular weight is 223 g/mol. The first-order valence-electron chi connectivity index (χ1n) is 5.41. The monoisotopic (exact) mass is 223 g/mol. The fourth-order valence-corrected chi connectivity index (χ4v) is 1.06. The predicted molar refractivity (Wildman–Crippen MR) is 61.9 cm³/mol. The molecule has 0 saturated carbocycles. The number of esters is 1. The molecule has 0 aliphatic heterocycles. The van der Waals surface area contributed by atoms with Gasteiger partial charge < -0.3 is 4.74 Å². The quantitative estimate of drug-likeness (QED) is 0.438. The van der Waals surface area contributed by atoms with E-state index >= 15 is 0 Å². The molecule has 1 N–H and O–H groups in total. The van der Waals surface area contributed by atoms with Crippen LogP contribution in [0.2, 0.25) is 0 Å². The Balaban J connectivity index is 2.09. The largest absolute Gasteiger partial charge is 0.464 e. The van der Waals surface area contributed by atoms with E-state index in [1.54, 1.807) is 0 Å². The highest BCUT2D eigenvalue weighted by Crippen LogP contribution is 2.04. The summed E-state index contributed by atoms with van der Waals surface area (Å²) in [5.74, 6) is -0.350. The molecule has 0 amide bonds.